The molecular weight excluding hydrogens is 452 g/mol. The number of pyridine rings is 1. The molecule has 0 saturated carbocycles. The Balaban J connectivity index is 1.37. The number of aromatic nitrogens is 3. The number of ether oxygens (including phenoxy) is 1. The van der Waals surface area contributed by atoms with Crippen molar-refractivity contribution in [2.75, 3.05) is 25.0 Å². The molecule has 0 unspecified atom stereocenters. The Kier molecular flexibility index (Phi) is 8.80. The molecule has 0 bridgehead atoms. The molecule has 1 amide bonds. The standard InChI is InChI=1S/C24H34N6O5/c1-24(2,3)35-23(34)26-18-7-13-29(14-8-18)11-4-5-12-30-15-9-19(28-22(30)33)27-20-16-17(21(31)32)6-10-25-20/h6,9-10,15-16,18H,4-5,7-8,11-14H2,1-3H3,(H,26,34)(H,31,32)(H,25,27,28,33). The van der Waals surface area contributed by atoms with Crippen molar-refractivity contribution in [2.24, 2.45) is 0 Å². The minimum absolute atomic E-state index is 0.0966. The second kappa shape index (κ2) is 11.8. The molecule has 35 heavy (non-hydrogen) atoms. The number of nitrogens with zero attached hydrogens (tertiary/aromatic N) is 4. The summed E-state index contributed by atoms with van der Waals surface area (Å²) in [7, 11) is 0. The summed E-state index contributed by atoms with van der Waals surface area (Å²) < 4.78 is 6.88. The quantitative estimate of drug-likeness (QED) is 0.457. The van der Waals surface area contributed by atoms with Gasteiger partial charge in [-0.2, -0.15) is 4.98 Å². The smallest absolute Gasteiger partial charge is 0.407 e. The fourth-order valence-corrected chi connectivity index (χ4v) is 3.82. The molecule has 0 radical (unpaired) electrons. The maximum absolute atomic E-state index is 12.4. The van der Waals surface area contributed by atoms with Crippen LogP contribution in [0.4, 0.5) is 16.4 Å². The van der Waals surface area contributed by atoms with Crippen LogP contribution in [-0.2, 0) is 11.3 Å². The minimum Gasteiger partial charge on any atom is -0.478 e. The Bertz CT molecular complexity index is 1070. The summed E-state index contributed by atoms with van der Waals surface area (Å²) in [6, 6.07) is 4.58. The van der Waals surface area contributed by atoms with Crippen molar-refractivity contribution >= 4 is 23.7 Å². The van der Waals surface area contributed by atoms with Gasteiger partial charge in [-0.1, -0.05) is 0 Å². The molecule has 0 aliphatic carbocycles. The molecule has 1 fully saturated rings. The van der Waals surface area contributed by atoms with E-state index in [2.05, 4.69) is 25.5 Å². The van der Waals surface area contributed by atoms with Gasteiger partial charge in [-0.15, -0.1) is 0 Å². The number of unbranched alkanes of at least 4 members (excludes halogenated alkanes) is 1. The molecule has 1 aliphatic rings. The third-order valence-electron chi connectivity index (χ3n) is 5.57. The van der Waals surface area contributed by atoms with Crippen molar-refractivity contribution in [2.45, 2.75) is 64.6 Å². The first kappa shape index (κ1) is 26.1. The normalized spacial score (nSPS) is 14.9. The van der Waals surface area contributed by atoms with E-state index in [1.807, 2.05) is 20.8 Å². The van der Waals surface area contributed by atoms with Gasteiger partial charge < -0.3 is 25.4 Å². The molecule has 3 heterocycles. The summed E-state index contributed by atoms with van der Waals surface area (Å²) >= 11 is 0. The molecule has 2 aromatic rings. The maximum atomic E-state index is 12.4. The van der Waals surface area contributed by atoms with Crippen LogP contribution < -0.4 is 16.3 Å². The van der Waals surface area contributed by atoms with Crippen LogP contribution >= 0.6 is 0 Å². The summed E-state index contributed by atoms with van der Waals surface area (Å²) in [4.78, 5) is 45.8. The van der Waals surface area contributed by atoms with Gasteiger partial charge in [0.1, 0.15) is 17.2 Å². The van der Waals surface area contributed by atoms with E-state index in [9.17, 15) is 14.4 Å². The number of nitrogens with one attached hydrogen (secondary N) is 2. The fraction of sp³-hybridized carbons (Fsp3) is 0.542. The predicted octanol–water partition coefficient (Wildman–Crippen LogP) is 2.85. The highest BCUT2D eigenvalue weighted by molar-refractivity contribution is 5.88. The Morgan fingerprint density at radius 2 is 1.86 bits per heavy atom. The Labute approximate surface area is 204 Å². The molecule has 0 aromatic carbocycles. The van der Waals surface area contributed by atoms with E-state index in [-0.39, 0.29) is 23.4 Å². The number of carbonyl (C=O) groups is 2. The largest absolute Gasteiger partial charge is 0.478 e. The zero-order valence-electron chi connectivity index (χ0n) is 20.5. The predicted molar refractivity (Wildman–Crippen MR) is 131 cm³/mol. The van der Waals surface area contributed by atoms with Crippen LogP contribution in [0.3, 0.4) is 0 Å². The number of rotatable bonds is 9. The third-order valence-corrected chi connectivity index (χ3v) is 5.57. The van der Waals surface area contributed by atoms with Crippen LogP contribution in [-0.4, -0.2) is 67.9 Å². The number of alkyl carbamates (subject to hydrolysis) is 1. The van der Waals surface area contributed by atoms with Gasteiger partial charge in [0.25, 0.3) is 0 Å². The lowest BCUT2D eigenvalue weighted by molar-refractivity contribution is 0.0478. The lowest BCUT2D eigenvalue weighted by Crippen LogP contribution is -2.46. The summed E-state index contributed by atoms with van der Waals surface area (Å²) in [5.41, 5.74) is -0.776. The van der Waals surface area contributed by atoms with Crippen molar-refractivity contribution in [1.82, 2.24) is 24.8 Å². The van der Waals surface area contributed by atoms with Gasteiger partial charge in [0.2, 0.25) is 0 Å². The van der Waals surface area contributed by atoms with Gasteiger partial charge in [0.15, 0.2) is 0 Å². The minimum atomic E-state index is -1.05. The number of carboxylic acids is 1. The Morgan fingerprint density at radius 3 is 2.51 bits per heavy atom. The van der Waals surface area contributed by atoms with Gasteiger partial charge in [-0.25, -0.2) is 19.4 Å². The molecule has 0 spiro atoms. The molecule has 3 N–H and O–H groups in total. The van der Waals surface area contributed by atoms with Gasteiger partial charge in [0, 0.05) is 38.1 Å². The van der Waals surface area contributed by atoms with Crippen LogP contribution in [0.2, 0.25) is 0 Å². The van der Waals surface area contributed by atoms with E-state index in [4.69, 9.17) is 9.84 Å². The monoisotopic (exact) mass is 486 g/mol. The first-order valence-electron chi connectivity index (χ1n) is 11.8. The summed E-state index contributed by atoms with van der Waals surface area (Å²) in [5, 5.41) is 14.9. The van der Waals surface area contributed by atoms with Gasteiger partial charge in [-0.3, -0.25) is 4.57 Å². The molecule has 11 nitrogen and oxygen atoms in total. The number of aromatic carboxylic acids is 1. The van der Waals surface area contributed by atoms with Crippen molar-refractivity contribution < 1.29 is 19.4 Å². The summed E-state index contributed by atoms with van der Waals surface area (Å²) in [6.45, 7) is 8.89. The number of likely N-dealkylation sites (tertiary alicyclic amines) is 1. The summed E-state index contributed by atoms with van der Waals surface area (Å²) in [5.74, 6) is -0.440. The molecule has 190 valence electrons. The average molecular weight is 487 g/mol. The van der Waals surface area contributed by atoms with Crippen molar-refractivity contribution in [1.29, 1.82) is 0 Å². The third kappa shape index (κ3) is 8.67. The number of anilines is 2. The zero-order valence-corrected chi connectivity index (χ0v) is 20.5. The first-order valence-corrected chi connectivity index (χ1v) is 11.8. The second-order valence-electron chi connectivity index (χ2n) is 9.62. The van der Waals surface area contributed by atoms with E-state index in [1.165, 1.54) is 18.3 Å². The second-order valence-corrected chi connectivity index (χ2v) is 9.62. The zero-order chi connectivity index (χ0) is 25.4. The molecule has 11 heteroatoms. The average Bonchev–Trinajstić information content (AvgIpc) is 2.78. The van der Waals surface area contributed by atoms with E-state index in [1.54, 1.807) is 16.8 Å². The number of amides is 1. The van der Waals surface area contributed by atoms with E-state index in [0.717, 1.165) is 45.3 Å². The number of hydrogen-bond acceptors (Lipinski definition) is 8. The highest BCUT2D eigenvalue weighted by Gasteiger charge is 2.23. The fourth-order valence-electron chi connectivity index (χ4n) is 3.82. The van der Waals surface area contributed by atoms with Crippen LogP contribution in [0.5, 0.6) is 0 Å². The number of hydrogen-bond donors (Lipinski definition) is 3. The molecule has 1 saturated heterocycles. The Hall–Kier alpha value is -3.47. The van der Waals surface area contributed by atoms with Crippen LogP contribution in [0.25, 0.3) is 0 Å². The Morgan fingerprint density at radius 1 is 1.14 bits per heavy atom. The van der Waals surface area contributed by atoms with Gasteiger partial charge in [-0.05, 0) is 71.2 Å². The lowest BCUT2D eigenvalue weighted by Gasteiger charge is -2.32. The van der Waals surface area contributed by atoms with E-state index in [0.29, 0.717) is 18.2 Å². The SMILES string of the molecule is CC(C)(C)OC(=O)NC1CCN(CCCCn2ccc(Nc3cc(C(=O)O)ccn3)nc2=O)CC1. The molecular formula is C24H34N6O5. The lowest BCUT2D eigenvalue weighted by atomic mass is 10.0. The van der Waals surface area contributed by atoms with E-state index >= 15 is 0 Å². The number of carboxylic acid groups (broad SMARTS) is 1. The maximum Gasteiger partial charge on any atom is 0.407 e. The number of piperidine rings is 1. The van der Waals surface area contributed by atoms with Crippen molar-refractivity contribution in [3.8, 4) is 0 Å². The number of carbonyl (C=O) groups excluding carboxylic acids is 1. The van der Waals surface area contributed by atoms with Crippen LogP contribution in [0.15, 0.2) is 35.4 Å². The molecule has 1 aliphatic heterocycles. The topological polar surface area (TPSA) is 139 Å². The van der Waals surface area contributed by atoms with Crippen LogP contribution in [0, 0.1) is 0 Å². The highest BCUT2D eigenvalue weighted by Crippen LogP contribution is 2.14. The molecule has 2 aromatic heterocycles. The van der Waals surface area contributed by atoms with Crippen molar-refractivity contribution in [3.05, 3.63) is 46.6 Å². The van der Waals surface area contributed by atoms with Gasteiger partial charge in [0.05, 0.1) is 5.56 Å². The van der Waals surface area contributed by atoms with E-state index < -0.39 is 11.6 Å². The van der Waals surface area contributed by atoms with Crippen molar-refractivity contribution in [3.63, 3.8) is 0 Å². The van der Waals surface area contributed by atoms with Gasteiger partial charge >= 0.3 is 17.8 Å². The molecule has 0 atom stereocenters. The number of aryl methyl sites for hydroxylation is 1. The highest BCUT2D eigenvalue weighted by atomic mass is 16.6. The first-order chi connectivity index (χ1) is 16.6. The summed E-state index contributed by atoms with van der Waals surface area (Å²) in [6.07, 6.45) is 6.26. The van der Waals surface area contributed by atoms with Crippen LogP contribution in [0.1, 0.15) is 56.8 Å². The molecule has 3 rings (SSSR count).